The quantitative estimate of drug-likeness (QED) is 0.0545. The number of hydrogen-bond donors (Lipinski definition) is 3. The predicted molar refractivity (Wildman–Crippen MR) is 153 cm³/mol. The van der Waals surface area contributed by atoms with E-state index in [1.165, 1.54) is 0 Å². The van der Waals surface area contributed by atoms with Gasteiger partial charge in [0.15, 0.2) is 0 Å². The SMILES string of the molecule is CCC(C)(C)C(=O)OCCOP(=O)(O)O.CCO[Si](CCCNC(=O)OCCOC(=O)C(C)CC)(OCC)OCC. The first-order valence-corrected chi connectivity index (χ1v) is 17.5. The predicted octanol–water partition coefficient (Wildman–Crippen LogP) is 3.82. The van der Waals surface area contributed by atoms with Crippen LogP contribution in [0, 0.1) is 11.3 Å². The number of alkyl carbamates (subject to hydrolysis) is 1. The highest BCUT2D eigenvalue weighted by Crippen LogP contribution is 2.35. The van der Waals surface area contributed by atoms with Crippen LogP contribution >= 0.6 is 7.82 Å². The summed E-state index contributed by atoms with van der Waals surface area (Å²) in [6.07, 6.45) is 1.47. The second-order valence-corrected chi connectivity index (χ2v) is 13.3. The number of carbonyl (C=O) groups excluding carboxylic acids is 3. The fourth-order valence-electron chi connectivity index (χ4n) is 2.76. The molecule has 0 saturated heterocycles. The number of esters is 2. The Labute approximate surface area is 245 Å². The molecule has 1 atom stereocenters. The van der Waals surface area contributed by atoms with Crippen molar-refractivity contribution in [1.29, 1.82) is 0 Å². The molecule has 1 amide bonds. The summed E-state index contributed by atoms with van der Waals surface area (Å²) in [5, 5.41) is 2.66. The molecule has 16 heteroatoms. The van der Waals surface area contributed by atoms with E-state index in [2.05, 4.69) is 9.84 Å². The second-order valence-electron chi connectivity index (χ2n) is 9.32. The van der Waals surface area contributed by atoms with Gasteiger partial charge in [-0.25, -0.2) is 9.36 Å². The van der Waals surface area contributed by atoms with Gasteiger partial charge in [0, 0.05) is 32.4 Å². The zero-order valence-corrected chi connectivity index (χ0v) is 27.8. The van der Waals surface area contributed by atoms with Crippen LogP contribution in [-0.2, 0) is 46.2 Å². The molecule has 0 aliphatic rings. The van der Waals surface area contributed by atoms with Gasteiger partial charge < -0.3 is 42.6 Å². The van der Waals surface area contributed by atoms with Crippen molar-refractivity contribution in [2.24, 2.45) is 11.3 Å². The highest BCUT2D eigenvalue weighted by atomic mass is 31.2. The van der Waals surface area contributed by atoms with Crippen LogP contribution in [0.2, 0.25) is 6.04 Å². The third-order valence-electron chi connectivity index (χ3n) is 5.61. The monoisotopic (exact) mass is 633 g/mol. The molecule has 0 saturated carbocycles. The summed E-state index contributed by atoms with van der Waals surface area (Å²) >= 11 is 0. The zero-order chi connectivity index (χ0) is 32.0. The molecule has 0 aromatic heterocycles. The number of nitrogens with one attached hydrogen (secondary N) is 1. The highest BCUT2D eigenvalue weighted by molar-refractivity contribution is 7.46. The topological polar surface area (TPSA) is 185 Å². The molecule has 0 bridgehead atoms. The smallest absolute Gasteiger partial charge is 0.463 e. The molecular formula is C25H52NO13PSi. The lowest BCUT2D eigenvalue weighted by molar-refractivity contribution is -0.155. The largest absolute Gasteiger partial charge is 0.500 e. The number of ether oxygens (including phenoxy) is 3. The Bertz CT molecular complexity index is 762. The van der Waals surface area contributed by atoms with Crippen molar-refractivity contribution < 1.29 is 60.7 Å². The van der Waals surface area contributed by atoms with Crippen molar-refractivity contribution in [2.75, 3.05) is 52.8 Å². The lowest BCUT2D eigenvalue weighted by Crippen LogP contribution is -2.46. The Hall–Kier alpha value is -1.58. The van der Waals surface area contributed by atoms with Crippen molar-refractivity contribution in [1.82, 2.24) is 5.32 Å². The molecule has 0 radical (unpaired) electrons. The Morgan fingerprint density at radius 1 is 0.854 bits per heavy atom. The maximum atomic E-state index is 11.6. The van der Waals surface area contributed by atoms with Gasteiger partial charge in [-0.15, -0.1) is 0 Å². The minimum Gasteiger partial charge on any atom is -0.463 e. The Morgan fingerprint density at radius 2 is 1.37 bits per heavy atom. The maximum Gasteiger partial charge on any atom is 0.500 e. The van der Waals surface area contributed by atoms with Crippen LogP contribution in [-0.4, -0.2) is 89.4 Å². The van der Waals surface area contributed by atoms with Crippen LogP contribution in [0.5, 0.6) is 0 Å². The van der Waals surface area contributed by atoms with Gasteiger partial charge in [-0.05, 0) is 53.9 Å². The lowest BCUT2D eigenvalue weighted by atomic mass is 9.91. The van der Waals surface area contributed by atoms with Gasteiger partial charge >= 0.3 is 34.7 Å². The van der Waals surface area contributed by atoms with Crippen molar-refractivity contribution in [3.8, 4) is 0 Å². The van der Waals surface area contributed by atoms with Crippen molar-refractivity contribution >= 4 is 34.7 Å². The normalized spacial score (nSPS) is 12.5. The number of rotatable bonds is 21. The summed E-state index contributed by atoms with van der Waals surface area (Å²) in [5.41, 5.74) is -0.581. The van der Waals surface area contributed by atoms with E-state index in [-0.39, 0.29) is 38.3 Å². The molecule has 0 spiro atoms. The first kappa shape index (κ1) is 41.6. The van der Waals surface area contributed by atoms with Crippen molar-refractivity contribution in [3.63, 3.8) is 0 Å². The van der Waals surface area contributed by atoms with Crippen LogP contribution in [0.25, 0.3) is 0 Å². The van der Waals surface area contributed by atoms with E-state index in [0.29, 0.717) is 45.3 Å². The number of phosphoric acid groups is 1. The number of amides is 1. The van der Waals surface area contributed by atoms with Crippen molar-refractivity contribution in [2.45, 2.75) is 80.7 Å². The zero-order valence-electron chi connectivity index (χ0n) is 25.9. The first-order chi connectivity index (χ1) is 19.1. The van der Waals surface area contributed by atoms with E-state index in [0.717, 1.165) is 6.42 Å². The van der Waals surface area contributed by atoms with Gasteiger partial charge in [0.25, 0.3) is 0 Å². The Morgan fingerprint density at radius 3 is 1.83 bits per heavy atom. The van der Waals surface area contributed by atoms with Gasteiger partial charge in [0.1, 0.15) is 19.8 Å². The van der Waals surface area contributed by atoms with E-state index in [9.17, 15) is 18.9 Å². The van der Waals surface area contributed by atoms with E-state index in [1.807, 2.05) is 34.6 Å². The first-order valence-electron chi connectivity index (χ1n) is 14.0. The van der Waals surface area contributed by atoms with E-state index < -0.39 is 34.1 Å². The minimum atomic E-state index is -4.46. The second kappa shape index (κ2) is 22.9. The van der Waals surface area contributed by atoms with E-state index in [4.69, 9.17) is 37.3 Å². The molecule has 0 aromatic rings. The number of phosphoric ester groups is 1. The average Bonchev–Trinajstić information content (AvgIpc) is 2.91. The van der Waals surface area contributed by atoms with Gasteiger partial charge in [0.2, 0.25) is 0 Å². The van der Waals surface area contributed by atoms with Crippen LogP contribution in [0.4, 0.5) is 4.79 Å². The summed E-state index contributed by atoms with van der Waals surface area (Å²) in [6, 6.07) is 0.620. The summed E-state index contributed by atoms with van der Waals surface area (Å²) in [6.45, 7) is 16.4. The van der Waals surface area contributed by atoms with Crippen LogP contribution in [0.15, 0.2) is 0 Å². The third-order valence-corrected chi connectivity index (χ3v) is 9.28. The van der Waals surface area contributed by atoms with Crippen LogP contribution in [0.1, 0.15) is 74.7 Å². The molecule has 1 unspecified atom stereocenters. The molecule has 0 aliphatic carbocycles. The Kier molecular flexibility index (Phi) is 23.3. The van der Waals surface area contributed by atoms with Crippen LogP contribution in [0.3, 0.4) is 0 Å². The summed E-state index contributed by atoms with van der Waals surface area (Å²) in [5.74, 6) is -0.825. The maximum absolute atomic E-state index is 11.6. The fourth-order valence-corrected chi connectivity index (χ4v) is 5.69. The molecule has 0 aliphatic heterocycles. The average molecular weight is 634 g/mol. The minimum absolute atomic E-state index is 0.0313. The Balaban J connectivity index is 0. The van der Waals surface area contributed by atoms with Crippen LogP contribution < -0.4 is 5.32 Å². The molecule has 244 valence electrons. The number of carbonyl (C=O) groups is 3. The standard InChI is InChI=1S/C17H35NO7Si.C8H17O6P/c1-6-15(5)16(19)21-12-13-22-17(20)18-11-10-14-26(23-7-2,24-8-3)25-9-4;1-4-8(2,3)7(9)13-5-6-14-15(10,11)12/h15H,6-14H2,1-5H3,(H,18,20);4-6H2,1-3H3,(H2,10,11,12). The molecule has 0 heterocycles. The molecule has 0 fully saturated rings. The molecule has 0 aromatic carbocycles. The lowest BCUT2D eigenvalue weighted by Gasteiger charge is -2.28. The number of hydrogen-bond acceptors (Lipinski definition) is 11. The summed E-state index contributed by atoms with van der Waals surface area (Å²) in [7, 11) is -7.14. The molecule has 0 rings (SSSR count). The van der Waals surface area contributed by atoms with Crippen molar-refractivity contribution in [3.05, 3.63) is 0 Å². The molecular weight excluding hydrogens is 581 g/mol. The van der Waals surface area contributed by atoms with E-state index in [1.54, 1.807) is 20.8 Å². The fraction of sp³-hybridized carbons (Fsp3) is 0.880. The van der Waals surface area contributed by atoms with Gasteiger partial charge in [-0.2, -0.15) is 0 Å². The van der Waals surface area contributed by atoms with Gasteiger partial charge in [0.05, 0.1) is 17.9 Å². The summed E-state index contributed by atoms with van der Waals surface area (Å²) < 4.78 is 46.4. The molecule has 41 heavy (non-hydrogen) atoms. The summed E-state index contributed by atoms with van der Waals surface area (Å²) in [4.78, 5) is 51.1. The molecule has 3 N–H and O–H groups in total. The third kappa shape index (κ3) is 21.7. The molecule has 14 nitrogen and oxygen atoms in total. The van der Waals surface area contributed by atoms with Gasteiger partial charge in [-0.3, -0.25) is 14.1 Å². The van der Waals surface area contributed by atoms with E-state index >= 15 is 0 Å². The van der Waals surface area contributed by atoms with Gasteiger partial charge in [-0.1, -0.05) is 20.8 Å². The highest BCUT2D eigenvalue weighted by Gasteiger charge is 2.39.